The quantitative estimate of drug-likeness (QED) is 0.835. The van der Waals surface area contributed by atoms with E-state index in [2.05, 4.69) is 0 Å². The van der Waals surface area contributed by atoms with Crippen LogP contribution in [0, 0.1) is 17.1 Å². The van der Waals surface area contributed by atoms with Gasteiger partial charge in [-0.1, -0.05) is 17.7 Å². The van der Waals surface area contributed by atoms with Gasteiger partial charge in [-0.2, -0.15) is 5.26 Å². The van der Waals surface area contributed by atoms with Crippen molar-refractivity contribution in [3.8, 4) is 17.2 Å². The van der Waals surface area contributed by atoms with Gasteiger partial charge in [0.25, 0.3) is 0 Å². The molecule has 0 aliphatic carbocycles. The number of nitrogens with zero attached hydrogens (tertiary/aromatic N) is 1. The predicted octanol–water partition coefficient (Wildman–Crippen LogP) is 3.96. The van der Waals surface area contributed by atoms with Gasteiger partial charge in [-0.15, -0.1) is 12.4 Å². The lowest BCUT2D eigenvalue weighted by Crippen LogP contribution is -2.16. The second-order valence-electron chi connectivity index (χ2n) is 5.08. The molecule has 0 aliphatic heterocycles. The molecule has 2 aromatic carbocycles. The van der Waals surface area contributed by atoms with Gasteiger partial charge in [0.05, 0.1) is 18.1 Å². The number of hydrogen-bond acceptors (Lipinski definition) is 3. The van der Waals surface area contributed by atoms with Crippen LogP contribution in [0.2, 0.25) is 5.02 Å². The molecular weight excluding hydrogens is 354 g/mol. The van der Waals surface area contributed by atoms with Gasteiger partial charge in [0.15, 0.2) is 0 Å². The lowest BCUT2D eigenvalue weighted by Gasteiger charge is -2.15. The highest BCUT2D eigenvalue weighted by atomic mass is 35.5. The number of nitrogens with two attached hydrogens (primary N) is 1. The summed E-state index contributed by atoms with van der Waals surface area (Å²) < 4.78 is 14.1. The smallest absolute Gasteiger partial charge is 0.304 e. The van der Waals surface area contributed by atoms with E-state index in [-0.39, 0.29) is 30.9 Å². The molecule has 1 atom stereocenters. The molecule has 4 nitrogen and oxygen atoms in total. The normalized spacial score (nSPS) is 11.2. The number of aliphatic carboxylic acids is 1. The second-order valence-corrected chi connectivity index (χ2v) is 5.48. The van der Waals surface area contributed by atoms with Gasteiger partial charge in [-0.25, -0.2) is 4.39 Å². The zero-order chi connectivity index (χ0) is 17.0. The lowest BCUT2D eigenvalue weighted by atomic mass is 9.92. The topological polar surface area (TPSA) is 87.1 Å². The van der Waals surface area contributed by atoms with Crippen molar-refractivity contribution in [1.29, 1.82) is 5.26 Å². The molecule has 126 valence electrons. The number of carboxylic acid groups (broad SMARTS) is 1. The second kappa shape index (κ2) is 8.65. The number of nitriles is 1. The molecule has 0 bridgehead atoms. The van der Waals surface area contributed by atoms with Crippen LogP contribution in [0.4, 0.5) is 4.39 Å². The number of halogens is 3. The maximum Gasteiger partial charge on any atom is 0.304 e. The van der Waals surface area contributed by atoms with Crippen molar-refractivity contribution in [2.24, 2.45) is 5.73 Å². The van der Waals surface area contributed by atoms with Crippen LogP contribution in [-0.2, 0) is 4.79 Å². The summed E-state index contributed by atoms with van der Waals surface area (Å²) in [6.45, 7) is 0.147. The molecule has 0 saturated carbocycles. The Morgan fingerprint density at radius 2 is 2.00 bits per heavy atom. The molecule has 0 aromatic heterocycles. The number of carbonyl (C=O) groups is 1. The predicted molar refractivity (Wildman–Crippen MR) is 92.9 cm³/mol. The molecule has 0 spiro atoms. The van der Waals surface area contributed by atoms with Crippen LogP contribution in [0.15, 0.2) is 36.4 Å². The Kier molecular flexibility index (Phi) is 7.18. The highest BCUT2D eigenvalue weighted by Crippen LogP contribution is 2.33. The SMILES string of the molecule is Cl.N#Cc1ccc(F)c(-c2cc([C@H](CN)CC(=O)O)ccc2Cl)c1. The standard InChI is InChI=1S/C17H14ClFN2O2.ClH/c18-15-3-2-11(12(9-21)7-17(22)23)6-13(15)14-5-10(8-20)1-4-16(14)19;/h1-6,12H,7,9,21H2,(H,22,23);1H/t12-;/m0./s1. The van der Waals surface area contributed by atoms with Gasteiger partial charge in [0.1, 0.15) is 5.82 Å². The van der Waals surface area contributed by atoms with Gasteiger partial charge in [0.2, 0.25) is 0 Å². The minimum absolute atomic E-state index is 0. The molecule has 3 N–H and O–H groups in total. The van der Waals surface area contributed by atoms with E-state index in [1.807, 2.05) is 6.07 Å². The van der Waals surface area contributed by atoms with Gasteiger partial charge >= 0.3 is 5.97 Å². The zero-order valence-electron chi connectivity index (χ0n) is 12.5. The third-order valence-corrected chi connectivity index (χ3v) is 3.88. The molecule has 0 fully saturated rings. The van der Waals surface area contributed by atoms with Crippen molar-refractivity contribution in [2.45, 2.75) is 12.3 Å². The summed E-state index contributed by atoms with van der Waals surface area (Å²) in [5.41, 5.74) is 7.22. The summed E-state index contributed by atoms with van der Waals surface area (Å²) in [6.07, 6.45) is -0.127. The summed E-state index contributed by atoms with van der Waals surface area (Å²) in [7, 11) is 0. The Morgan fingerprint density at radius 1 is 1.29 bits per heavy atom. The van der Waals surface area contributed by atoms with Crippen molar-refractivity contribution in [3.05, 3.63) is 58.4 Å². The molecule has 24 heavy (non-hydrogen) atoms. The third-order valence-electron chi connectivity index (χ3n) is 3.55. The number of rotatable bonds is 5. The Balaban J connectivity index is 0.00000288. The van der Waals surface area contributed by atoms with Crippen LogP contribution in [0.5, 0.6) is 0 Å². The van der Waals surface area contributed by atoms with E-state index in [4.69, 9.17) is 27.7 Å². The van der Waals surface area contributed by atoms with E-state index in [9.17, 15) is 9.18 Å². The average molecular weight is 369 g/mol. The number of hydrogen-bond donors (Lipinski definition) is 2. The zero-order valence-corrected chi connectivity index (χ0v) is 14.1. The van der Waals surface area contributed by atoms with Crippen LogP contribution in [0.25, 0.3) is 11.1 Å². The van der Waals surface area contributed by atoms with Crippen molar-refractivity contribution < 1.29 is 14.3 Å². The Morgan fingerprint density at radius 3 is 2.58 bits per heavy atom. The fraction of sp³-hybridized carbons (Fsp3) is 0.176. The van der Waals surface area contributed by atoms with Crippen molar-refractivity contribution in [3.63, 3.8) is 0 Å². The van der Waals surface area contributed by atoms with Crippen LogP contribution < -0.4 is 5.73 Å². The Hall–Kier alpha value is -2.13. The third kappa shape index (κ3) is 4.45. The van der Waals surface area contributed by atoms with E-state index < -0.39 is 17.7 Å². The molecule has 7 heteroatoms. The molecule has 0 heterocycles. The molecule has 2 aromatic rings. The fourth-order valence-corrected chi connectivity index (χ4v) is 2.57. The Labute approximate surface area is 150 Å². The van der Waals surface area contributed by atoms with Gasteiger partial charge in [-0.3, -0.25) is 4.79 Å². The lowest BCUT2D eigenvalue weighted by molar-refractivity contribution is -0.137. The van der Waals surface area contributed by atoms with E-state index >= 15 is 0 Å². The first-order valence-corrected chi connectivity index (χ1v) is 7.25. The van der Waals surface area contributed by atoms with E-state index in [0.29, 0.717) is 21.7 Å². The average Bonchev–Trinajstić information content (AvgIpc) is 2.54. The van der Waals surface area contributed by atoms with Crippen molar-refractivity contribution in [1.82, 2.24) is 0 Å². The highest BCUT2D eigenvalue weighted by Gasteiger charge is 2.17. The Bertz CT molecular complexity index is 791. The first kappa shape index (κ1) is 19.9. The van der Waals surface area contributed by atoms with Crippen LogP contribution in [0.1, 0.15) is 23.5 Å². The van der Waals surface area contributed by atoms with Gasteiger partial charge in [-0.05, 0) is 42.4 Å². The molecule has 2 rings (SSSR count). The maximum absolute atomic E-state index is 14.1. The fourth-order valence-electron chi connectivity index (χ4n) is 2.35. The summed E-state index contributed by atoms with van der Waals surface area (Å²) in [6, 6.07) is 10.8. The molecule has 0 saturated heterocycles. The first-order valence-electron chi connectivity index (χ1n) is 6.87. The molecule has 0 radical (unpaired) electrons. The largest absolute Gasteiger partial charge is 0.481 e. The van der Waals surface area contributed by atoms with Crippen LogP contribution in [0.3, 0.4) is 0 Å². The van der Waals surface area contributed by atoms with Gasteiger partial charge in [0, 0.05) is 22.1 Å². The van der Waals surface area contributed by atoms with Gasteiger partial charge < -0.3 is 10.8 Å². The van der Waals surface area contributed by atoms with Crippen molar-refractivity contribution in [2.75, 3.05) is 6.54 Å². The molecule has 0 amide bonds. The summed E-state index contributed by atoms with van der Waals surface area (Å²) in [4.78, 5) is 10.9. The van der Waals surface area contributed by atoms with E-state index in [1.54, 1.807) is 18.2 Å². The molecule has 0 aliphatic rings. The van der Waals surface area contributed by atoms with E-state index in [0.717, 1.165) is 0 Å². The number of carboxylic acids is 1. The molecule has 0 unspecified atom stereocenters. The monoisotopic (exact) mass is 368 g/mol. The van der Waals surface area contributed by atoms with E-state index in [1.165, 1.54) is 18.2 Å². The maximum atomic E-state index is 14.1. The minimum atomic E-state index is -0.963. The summed E-state index contributed by atoms with van der Waals surface area (Å²) in [5.74, 6) is -1.87. The van der Waals surface area contributed by atoms with Crippen LogP contribution >= 0.6 is 24.0 Å². The highest BCUT2D eigenvalue weighted by molar-refractivity contribution is 6.33. The van der Waals surface area contributed by atoms with Crippen molar-refractivity contribution >= 4 is 30.0 Å². The summed E-state index contributed by atoms with van der Waals surface area (Å²) in [5, 5.41) is 18.2. The summed E-state index contributed by atoms with van der Waals surface area (Å²) >= 11 is 6.15. The minimum Gasteiger partial charge on any atom is -0.481 e. The van der Waals surface area contributed by atoms with Crippen LogP contribution in [-0.4, -0.2) is 17.6 Å². The first-order chi connectivity index (χ1) is 11.0. The molecular formula is C17H15Cl2FN2O2. The number of benzene rings is 2.